The zero-order valence-electron chi connectivity index (χ0n) is 18.9. The van der Waals surface area contributed by atoms with Crippen LogP contribution < -0.4 is 14.2 Å². The maximum absolute atomic E-state index is 13.0. The van der Waals surface area contributed by atoms with E-state index in [-0.39, 0.29) is 30.7 Å². The molecule has 0 N–H and O–H groups in total. The molecule has 10 heteroatoms. The average Bonchev–Trinajstić information content (AvgIpc) is 3.30. The Hall–Kier alpha value is -2.82. The van der Waals surface area contributed by atoms with Crippen LogP contribution >= 0.6 is 0 Å². The Morgan fingerprint density at radius 2 is 1.73 bits per heavy atom. The molecule has 0 aromatic heterocycles. The van der Waals surface area contributed by atoms with Crippen molar-refractivity contribution in [3.8, 4) is 17.2 Å². The molecule has 2 aliphatic rings. The summed E-state index contributed by atoms with van der Waals surface area (Å²) in [5.41, 5.74) is 1.13. The second kappa shape index (κ2) is 9.98. The Labute approximate surface area is 194 Å². The molecular formula is C23H29N3O6S. The Morgan fingerprint density at radius 1 is 1.03 bits per heavy atom. The number of nitrogens with zero attached hydrogens (tertiary/aromatic N) is 3. The molecule has 33 heavy (non-hydrogen) atoms. The lowest BCUT2D eigenvalue weighted by Crippen LogP contribution is -2.51. The number of carbonyl (C=O) groups is 1. The third-order valence-corrected chi connectivity index (χ3v) is 7.86. The van der Waals surface area contributed by atoms with Crippen LogP contribution in [0.15, 0.2) is 47.4 Å². The monoisotopic (exact) mass is 475 g/mol. The van der Waals surface area contributed by atoms with Gasteiger partial charge in [-0.15, -0.1) is 0 Å². The Balaban J connectivity index is 1.32. The fraction of sp³-hybridized carbons (Fsp3) is 0.435. The van der Waals surface area contributed by atoms with Gasteiger partial charge in [0, 0.05) is 39.3 Å². The summed E-state index contributed by atoms with van der Waals surface area (Å²) in [6.07, 6.45) is 0. The zero-order valence-corrected chi connectivity index (χ0v) is 19.7. The molecule has 0 unspecified atom stereocenters. The van der Waals surface area contributed by atoms with E-state index in [4.69, 9.17) is 14.2 Å². The lowest BCUT2D eigenvalue weighted by molar-refractivity contribution is -0.133. The van der Waals surface area contributed by atoms with Gasteiger partial charge in [0.25, 0.3) is 0 Å². The first-order valence-electron chi connectivity index (χ1n) is 10.9. The largest absolute Gasteiger partial charge is 0.497 e. The minimum atomic E-state index is -3.77. The summed E-state index contributed by atoms with van der Waals surface area (Å²) in [6, 6.07) is 12.1. The van der Waals surface area contributed by atoms with E-state index in [2.05, 4.69) is 4.90 Å². The number of benzene rings is 2. The topological polar surface area (TPSA) is 88.6 Å². The molecule has 2 aliphatic heterocycles. The molecular weight excluding hydrogens is 446 g/mol. The van der Waals surface area contributed by atoms with Crippen molar-refractivity contribution in [1.29, 1.82) is 0 Å². The third kappa shape index (κ3) is 5.23. The van der Waals surface area contributed by atoms with E-state index in [1.54, 1.807) is 24.0 Å². The van der Waals surface area contributed by atoms with Crippen LogP contribution in [0.25, 0.3) is 0 Å². The number of hydrogen-bond donors (Lipinski definition) is 0. The van der Waals surface area contributed by atoms with Gasteiger partial charge in [-0.05, 0) is 42.0 Å². The van der Waals surface area contributed by atoms with Crippen molar-refractivity contribution in [1.82, 2.24) is 14.1 Å². The highest BCUT2D eigenvalue weighted by Crippen LogP contribution is 2.32. The van der Waals surface area contributed by atoms with Crippen molar-refractivity contribution in [2.75, 3.05) is 53.2 Å². The highest BCUT2D eigenvalue weighted by Gasteiger charge is 2.29. The van der Waals surface area contributed by atoms with E-state index >= 15 is 0 Å². The first kappa shape index (κ1) is 23.3. The van der Waals surface area contributed by atoms with Gasteiger partial charge in [0.05, 0.1) is 18.6 Å². The SMILES string of the molecule is CCN(CC(=O)N1CCN(Cc2ccc3c(c2)OCO3)CC1)S(=O)(=O)c1ccc(OC)cc1. The molecule has 1 amide bonds. The third-order valence-electron chi connectivity index (χ3n) is 5.93. The smallest absolute Gasteiger partial charge is 0.243 e. The number of rotatable bonds is 8. The fourth-order valence-electron chi connectivity index (χ4n) is 3.97. The molecule has 0 radical (unpaired) electrons. The molecule has 4 rings (SSSR count). The average molecular weight is 476 g/mol. The number of fused-ring (bicyclic) bond motifs is 1. The zero-order chi connectivity index (χ0) is 23.4. The predicted molar refractivity (Wildman–Crippen MR) is 122 cm³/mol. The van der Waals surface area contributed by atoms with E-state index in [9.17, 15) is 13.2 Å². The van der Waals surface area contributed by atoms with Crippen molar-refractivity contribution in [2.45, 2.75) is 18.4 Å². The second-order valence-electron chi connectivity index (χ2n) is 7.95. The number of hydrogen-bond acceptors (Lipinski definition) is 7. The summed E-state index contributed by atoms with van der Waals surface area (Å²) < 4.78 is 43.1. The molecule has 0 aliphatic carbocycles. The Morgan fingerprint density at radius 3 is 2.39 bits per heavy atom. The number of ether oxygens (including phenoxy) is 3. The minimum absolute atomic E-state index is 0.145. The highest BCUT2D eigenvalue weighted by atomic mass is 32.2. The molecule has 0 bridgehead atoms. The van der Waals surface area contributed by atoms with Crippen LogP contribution in [0.4, 0.5) is 0 Å². The summed E-state index contributed by atoms with van der Waals surface area (Å²) in [5, 5.41) is 0. The first-order chi connectivity index (χ1) is 15.9. The van der Waals surface area contributed by atoms with Crippen LogP contribution in [-0.4, -0.2) is 81.6 Å². The van der Waals surface area contributed by atoms with Gasteiger partial charge in [0.15, 0.2) is 11.5 Å². The number of sulfonamides is 1. The summed E-state index contributed by atoms with van der Waals surface area (Å²) in [6.45, 7) is 5.34. The van der Waals surface area contributed by atoms with Gasteiger partial charge in [-0.25, -0.2) is 8.42 Å². The number of likely N-dealkylation sites (N-methyl/N-ethyl adjacent to an activating group) is 1. The van der Waals surface area contributed by atoms with Gasteiger partial charge in [0.1, 0.15) is 5.75 Å². The van der Waals surface area contributed by atoms with E-state index in [1.165, 1.54) is 23.5 Å². The predicted octanol–water partition coefficient (Wildman–Crippen LogP) is 1.78. The minimum Gasteiger partial charge on any atom is -0.497 e. The molecule has 0 atom stereocenters. The quantitative estimate of drug-likeness (QED) is 0.575. The van der Waals surface area contributed by atoms with Crippen molar-refractivity contribution in [3.05, 3.63) is 48.0 Å². The van der Waals surface area contributed by atoms with E-state index in [0.717, 1.165) is 36.7 Å². The van der Waals surface area contributed by atoms with Crippen molar-refractivity contribution >= 4 is 15.9 Å². The molecule has 2 aromatic rings. The molecule has 2 heterocycles. The Kier molecular flexibility index (Phi) is 7.06. The highest BCUT2D eigenvalue weighted by molar-refractivity contribution is 7.89. The standard InChI is InChI=1S/C23H29N3O6S/c1-3-26(33(28,29)20-7-5-19(30-2)6-8-20)16-23(27)25-12-10-24(11-13-25)15-18-4-9-21-22(14-18)32-17-31-21/h4-9,14H,3,10-13,15-17H2,1-2H3. The maximum Gasteiger partial charge on any atom is 0.243 e. The first-order valence-corrected chi connectivity index (χ1v) is 12.4. The van der Waals surface area contributed by atoms with Crippen LogP contribution in [0, 0.1) is 0 Å². The van der Waals surface area contributed by atoms with Gasteiger partial charge in [0.2, 0.25) is 22.7 Å². The number of piperazine rings is 1. The van der Waals surface area contributed by atoms with Crippen LogP contribution in [0.1, 0.15) is 12.5 Å². The summed E-state index contributed by atoms with van der Waals surface area (Å²) in [7, 11) is -2.25. The molecule has 0 spiro atoms. The molecule has 1 saturated heterocycles. The molecule has 9 nitrogen and oxygen atoms in total. The number of methoxy groups -OCH3 is 1. The van der Waals surface area contributed by atoms with Gasteiger partial charge < -0.3 is 19.1 Å². The van der Waals surface area contributed by atoms with E-state index < -0.39 is 10.0 Å². The van der Waals surface area contributed by atoms with Gasteiger partial charge >= 0.3 is 0 Å². The van der Waals surface area contributed by atoms with Gasteiger partial charge in [-0.3, -0.25) is 9.69 Å². The summed E-state index contributed by atoms with van der Waals surface area (Å²) in [4.78, 5) is 17.0. The van der Waals surface area contributed by atoms with Crippen molar-refractivity contribution in [2.24, 2.45) is 0 Å². The van der Waals surface area contributed by atoms with Crippen LogP contribution in [-0.2, 0) is 21.4 Å². The molecule has 2 aromatic carbocycles. The normalized spacial score (nSPS) is 16.3. The number of carbonyl (C=O) groups excluding carboxylic acids is 1. The number of amides is 1. The lowest BCUT2D eigenvalue weighted by Gasteiger charge is -2.35. The van der Waals surface area contributed by atoms with Crippen molar-refractivity contribution in [3.63, 3.8) is 0 Å². The van der Waals surface area contributed by atoms with Crippen LogP contribution in [0.5, 0.6) is 17.2 Å². The molecule has 1 fully saturated rings. The van der Waals surface area contributed by atoms with Crippen LogP contribution in [0.2, 0.25) is 0 Å². The van der Waals surface area contributed by atoms with Gasteiger partial charge in [-0.1, -0.05) is 13.0 Å². The van der Waals surface area contributed by atoms with E-state index in [0.29, 0.717) is 18.8 Å². The summed E-state index contributed by atoms with van der Waals surface area (Å²) >= 11 is 0. The van der Waals surface area contributed by atoms with Crippen molar-refractivity contribution < 1.29 is 27.4 Å². The molecule has 178 valence electrons. The Bertz CT molecular complexity index is 1080. The lowest BCUT2D eigenvalue weighted by atomic mass is 10.1. The second-order valence-corrected chi connectivity index (χ2v) is 9.89. The summed E-state index contributed by atoms with van der Waals surface area (Å²) in [5.74, 6) is 1.92. The molecule has 0 saturated carbocycles. The van der Waals surface area contributed by atoms with Crippen LogP contribution in [0.3, 0.4) is 0 Å². The van der Waals surface area contributed by atoms with Gasteiger partial charge in [-0.2, -0.15) is 4.31 Å². The maximum atomic E-state index is 13.0. The van der Waals surface area contributed by atoms with E-state index in [1.807, 2.05) is 18.2 Å². The fourth-order valence-corrected chi connectivity index (χ4v) is 5.37.